The molecule has 5 heteroatoms. The number of carbonyl (C=O) groups is 1. The molecule has 1 aromatic heterocycles. The van der Waals surface area contributed by atoms with Gasteiger partial charge in [0.1, 0.15) is 0 Å². The first-order valence-corrected chi connectivity index (χ1v) is 6.37. The fraction of sp³-hybridized carbons (Fsp3) is 0.357. The molecule has 0 saturated carbocycles. The summed E-state index contributed by atoms with van der Waals surface area (Å²) in [5, 5.41) is 6.76. The summed E-state index contributed by atoms with van der Waals surface area (Å²) < 4.78 is 4.86. The summed E-state index contributed by atoms with van der Waals surface area (Å²) >= 11 is 0. The number of hydrogen-bond acceptors (Lipinski definition) is 2. The van der Waals surface area contributed by atoms with Crippen molar-refractivity contribution in [2.45, 2.75) is 6.42 Å². The molecule has 0 fully saturated rings. The minimum Gasteiger partial charge on any atom is -0.383 e. The molecular formula is C14H19N3O2. The largest absolute Gasteiger partial charge is 0.383 e. The minimum atomic E-state index is -0.156. The number of aromatic amines is 1. The number of benzene rings is 1. The number of aromatic nitrogens is 1. The second-order valence-corrected chi connectivity index (χ2v) is 4.28. The standard InChI is InChI=1S/C14H19N3O2/c1-19-9-8-16-14(18)15-7-6-11-10-17-13-5-3-2-4-12(11)13/h2-5,10,17H,6-9H2,1H3,(H2,15,16,18). The Bertz CT molecular complexity index is 536. The van der Waals surface area contributed by atoms with Gasteiger partial charge in [-0.15, -0.1) is 0 Å². The van der Waals surface area contributed by atoms with Crippen molar-refractivity contribution in [1.82, 2.24) is 15.6 Å². The number of amides is 2. The van der Waals surface area contributed by atoms with Crippen LogP contribution in [0.2, 0.25) is 0 Å². The first-order valence-electron chi connectivity index (χ1n) is 6.37. The van der Waals surface area contributed by atoms with Gasteiger partial charge in [0.25, 0.3) is 0 Å². The van der Waals surface area contributed by atoms with Gasteiger partial charge < -0.3 is 20.4 Å². The maximum absolute atomic E-state index is 11.4. The zero-order chi connectivity index (χ0) is 13.5. The highest BCUT2D eigenvalue weighted by molar-refractivity contribution is 5.83. The third-order valence-electron chi connectivity index (χ3n) is 2.95. The van der Waals surface area contributed by atoms with Crippen LogP contribution in [0.5, 0.6) is 0 Å². The average molecular weight is 261 g/mol. The molecule has 2 aromatic rings. The predicted molar refractivity (Wildman–Crippen MR) is 75.3 cm³/mol. The second-order valence-electron chi connectivity index (χ2n) is 4.28. The van der Waals surface area contributed by atoms with Crippen LogP contribution in [0.25, 0.3) is 10.9 Å². The number of hydrogen-bond donors (Lipinski definition) is 3. The van der Waals surface area contributed by atoms with Gasteiger partial charge in [-0.05, 0) is 18.1 Å². The number of fused-ring (bicyclic) bond motifs is 1. The predicted octanol–water partition coefficient (Wildman–Crippen LogP) is 1.66. The number of para-hydroxylation sites is 1. The summed E-state index contributed by atoms with van der Waals surface area (Å²) in [5.41, 5.74) is 2.34. The molecule has 0 atom stereocenters. The van der Waals surface area contributed by atoms with Crippen LogP contribution in [0, 0.1) is 0 Å². The van der Waals surface area contributed by atoms with E-state index in [0.29, 0.717) is 19.7 Å². The molecule has 5 nitrogen and oxygen atoms in total. The lowest BCUT2D eigenvalue weighted by Crippen LogP contribution is -2.38. The van der Waals surface area contributed by atoms with Gasteiger partial charge in [-0.25, -0.2) is 4.79 Å². The Morgan fingerprint density at radius 1 is 1.26 bits per heavy atom. The zero-order valence-electron chi connectivity index (χ0n) is 11.0. The summed E-state index contributed by atoms with van der Waals surface area (Å²) in [6.07, 6.45) is 2.80. The number of methoxy groups -OCH3 is 1. The van der Waals surface area contributed by atoms with E-state index in [-0.39, 0.29) is 6.03 Å². The molecule has 2 amide bonds. The smallest absolute Gasteiger partial charge is 0.314 e. The van der Waals surface area contributed by atoms with Crippen LogP contribution in [0.15, 0.2) is 30.5 Å². The molecule has 0 unspecified atom stereocenters. The fourth-order valence-electron chi connectivity index (χ4n) is 1.98. The third-order valence-corrected chi connectivity index (χ3v) is 2.95. The molecule has 0 aliphatic carbocycles. The van der Waals surface area contributed by atoms with Crippen molar-refractivity contribution < 1.29 is 9.53 Å². The normalized spacial score (nSPS) is 10.6. The molecule has 102 valence electrons. The number of ether oxygens (including phenoxy) is 1. The van der Waals surface area contributed by atoms with Crippen LogP contribution in [-0.4, -0.2) is 37.8 Å². The SMILES string of the molecule is COCCNC(=O)NCCc1c[nH]c2ccccc12. The lowest BCUT2D eigenvalue weighted by Gasteiger charge is -2.06. The topological polar surface area (TPSA) is 66.2 Å². The van der Waals surface area contributed by atoms with Crippen LogP contribution >= 0.6 is 0 Å². The van der Waals surface area contributed by atoms with E-state index < -0.39 is 0 Å². The molecule has 0 radical (unpaired) electrons. The van der Waals surface area contributed by atoms with Crippen molar-refractivity contribution in [3.8, 4) is 0 Å². The van der Waals surface area contributed by atoms with Crippen molar-refractivity contribution in [1.29, 1.82) is 0 Å². The van der Waals surface area contributed by atoms with Crippen molar-refractivity contribution in [2.24, 2.45) is 0 Å². The van der Waals surface area contributed by atoms with Gasteiger partial charge in [0, 0.05) is 37.3 Å². The van der Waals surface area contributed by atoms with Gasteiger partial charge in [0.05, 0.1) is 6.61 Å². The first kappa shape index (κ1) is 13.4. The molecule has 0 saturated heterocycles. The zero-order valence-corrected chi connectivity index (χ0v) is 11.0. The van der Waals surface area contributed by atoms with E-state index >= 15 is 0 Å². The number of urea groups is 1. The van der Waals surface area contributed by atoms with Crippen molar-refractivity contribution in [3.63, 3.8) is 0 Å². The fourth-order valence-corrected chi connectivity index (χ4v) is 1.98. The van der Waals surface area contributed by atoms with Crippen LogP contribution in [0.1, 0.15) is 5.56 Å². The van der Waals surface area contributed by atoms with Gasteiger partial charge in [-0.1, -0.05) is 18.2 Å². The number of H-pyrrole nitrogens is 1. The highest BCUT2D eigenvalue weighted by Gasteiger charge is 2.03. The van der Waals surface area contributed by atoms with E-state index in [1.54, 1.807) is 7.11 Å². The molecule has 19 heavy (non-hydrogen) atoms. The Hall–Kier alpha value is -2.01. The highest BCUT2D eigenvalue weighted by atomic mass is 16.5. The van der Waals surface area contributed by atoms with E-state index in [1.165, 1.54) is 10.9 Å². The Balaban J connectivity index is 1.78. The first-order chi connectivity index (χ1) is 9.31. The highest BCUT2D eigenvalue weighted by Crippen LogP contribution is 2.17. The molecule has 1 aromatic carbocycles. The van der Waals surface area contributed by atoms with Gasteiger partial charge in [0.2, 0.25) is 0 Å². The molecule has 0 aliphatic rings. The maximum atomic E-state index is 11.4. The van der Waals surface area contributed by atoms with E-state index in [1.807, 2.05) is 24.4 Å². The lowest BCUT2D eigenvalue weighted by atomic mass is 10.1. The van der Waals surface area contributed by atoms with Crippen LogP contribution in [-0.2, 0) is 11.2 Å². The van der Waals surface area contributed by atoms with Gasteiger partial charge in [-0.2, -0.15) is 0 Å². The second kappa shape index (κ2) is 6.80. The van der Waals surface area contributed by atoms with Gasteiger partial charge in [0.15, 0.2) is 0 Å². The average Bonchev–Trinajstić information content (AvgIpc) is 2.83. The summed E-state index contributed by atoms with van der Waals surface area (Å²) in [5.74, 6) is 0. The molecule has 3 N–H and O–H groups in total. The lowest BCUT2D eigenvalue weighted by molar-refractivity contribution is 0.196. The third kappa shape index (κ3) is 3.72. The van der Waals surface area contributed by atoms with Crippen LogP contribution in [0.4, 0.5) is 4.79 Å². The Labute approximate surface area is 112 Å². The van der Waals surface area contributed by atoms with Crippen molar-refractivity contribution >= 4 is 16.9 Å². The monoisotopic (exact) mass is 261 g/mol. The van der Waals surface area contributed by atoms with E-state index in [0.717, 1.165) is 11.9 Å². The van der Waals surface area contributed by atoms with Crippen LogP contribution in [0.3, 0.4) is 0 Å². The summed E-state index contributed by atoms with van der Waals surface area (Å²) in [4.78, 5) is 14.6. The van der Waals surface area contributed by atoms with Crippen molar-refractivity contribution in [3.05, 3.63) is 36.0 Å². The Morgan fingerprint density at radius 2 is 2.05 bits per heavy atom. The quantitative estimate of drug-likeness (QED) is 0.692. The van der Waals surface area contributed by atoms with Gasteiger partial charge in [-0.3, -0.25) is 0 Å². The minimum absolute atomic E-state index is 0.156. The Kier molecular flexibility index (Phi) is 4.80. The van der Waals surface area contributed by atoms with E-state index in [4.69, 9.17) is 4.74 Å². The molecular weight excluding hydrogens is 242 g/mol. The molecule has 1 heterocycles. The molecule has 0 spiro atoms. The summed E-state index contributed by atoms with van der Waals surface area (Å²) in [6.45, 7) is 1.66. The maximum Gasteiger partial charge on any atom is 0.314 e. The summed E-state index contributed by atoms with van der Waals surface area (Å²) in [6, 6.07) is 8.00. The Morgan fingerprint density at radius 3 is 2.89 bits per heavy atom. The number of nitrogens with one attached hydrogen (secondary N) is 3. The molecule has 0 bridgehead atoms. The van der Waals surface area contributed by atoms with Crippen LogP contribution < -0.4 is 10.6 Å². The molecule has 0 aliphatic heterocycles. The van der Waals surface area contributed by atoms with Crippen molar-refractivity contribution in [2.75, 3.05) is 26.8 Å². The van der Waals surface area contributed by atoms with E-state index in [2.05, 4.69) is 21.7 Å². The van der Waals surface area contributed by atoms with Gasteiger partial charge >= 0.3 is 6.03 Å². The molecule has 2 rings (SSSR count). The summed E-state index contributed by atoms with van der Waals surface area (Å²) in [7, 11) is 1.61. The van der Waals surface area contributed by atoms with E-state index in [9.17, 15) is 4.79 Å². The number of rotatable bonds is 6. The number of carbonyl (C=O) groups excluding carboxylic acids is 1.